The van der Waals surface area contributed by atoms with Crippen LogP contribution in [0.25, 0.3) is 0 Å². The van der Waals surface area contributed by atoms with Crippen LogP contribution in [0.1, 0.15) is 45.7 Å². The van der Waals surface area contributed by atoms with Crippen molar-refractivity contribution in [2.24, 2.45) is 7.05 Å². The standard InChI is InChI=1S/C6H10N2.C6H13N.C2H6/c1-3-6-4-8(2)5-7-6;1-7-5-3-2-4-6-7;1-2/h4-5H,3H2,1-2H3;2-6H2,1H3;1-2H3. The molecule has 0 bridgehead atoms. The summed E-state index contributed by atoms with van der Waals surface area (Å²) in [5, 5.41) is 0. The Hall–Kier alpha value is -0.830. The van der Waals surface area contributed by atoms with Crippen molar-refractivity contribution in [3.05, 3.63) is 18.2 Å². The van der Waals surface area contributed by atoms with Crippen LogP contribution >= 0.6 is 0 Å². The van der Waals surface area contributed by atoms with Gasteiger partial charge in [-0.1, -0.05) is 27.2 Å². The fourth-order valence-corrected chi connectivity index (χ4v) is 1.70. The highest BCUT2D eigenvalue weighted by Gasteiger charge is 2.02. The average Bonchev–Trinajstić information content (AvgIpc) is 2.79. The van der Waals surface area contributed by atoms with E-state index in [4.69, 9.17) is 0 Å². The number of piperidine rings is 1. The van der Waals surface area contributed by atoms with Gasteiger partial charge in [0.2, 0.25) is 0 Å². The van der Waals surface area contributed by atoms with Crippen molar-refractivity contribution in [1.82, 2.24) is 14.5 Å². The molecule has 2 heterocycles. The summed E-state index contributed by atoms with van der Waals surface area (Å²) in [7, 11) is 4.17. The molecule has 3 heteroatoms. The second-order valence-corrected chi connectivity index (χ2v) is 4.25. The Balaban J connectivity index is 0.000000265. The van der Waals surface area contributed by atoms with Crippen LogP contribution in [0.3, 0.4) is 0 Å². The fourth-order valence-electron chi connectivity index (χ4n) is 1.70. The Morgan fingerprint density at radius 1 is 1.12 bits per heavy atom. The zero-order valence-electron chi connectivity index (χ0n) is 12.2. The van der Waals surface area contributed by atoms with E-state index < -0.39 is 0 Å². The van der Waals surface area contributed by atoms with E-state index in [0.29, 0.717) is 0 Å². The van der Waals surface area contributed by atoms with Crippen molar-refractivity contribution in [1.29, 1.82) is 0 Å². The van der Waals surface area contributed by atoms with Gasteiger partial charge in [0.15, 0.2) is 0 Å². The maximum absolute atomic E-state index is 4.10. The predicted octanol–water partition coefficient (Wildman–Crippen LogP) is 3.11. The van der Waals surface area contributed by atoms with Gasteiger partial charge >= 0.3 is 0 Å². The van der Waals surface area contributed by atoms with E-state index in [1.165, 1.54) is 32.4 Å². The van der Waals surface area contributed by atoms with Crippen LogP contribution in [0.2, 0.25) is 0 Å². The molecule has 1 fully saturated rings. The summed E-state index contributed by atoms with van der Waals surface area (Å²) in [5.74, 6) is 0. The predicted molar refractivity (Wildman–Crippen MR) is 75.3 cm³/mol. The van der Waals surface area contributed by atoms with E-state index in [9.17, 15) is 0 Å². The van der Waals surface area contributed by atoms with Crippen molar-refractivity contribution in [3.8, 4) is 0 Å². The van der Waals surface area contributed by atoms with Crippen molar-refractivity contribution in [3.63, 3.8) is 0 Å². The second-order valence-electron chi connectivity index (χ2n) is 4.25. The smallest absolute Gasteiger partial charge is 0.0946 e. The number of hydrogen-bond acceptors (Lipinski definition) is 2. The van der Waals surface area contributed by atoms with Gasteiger partial charge in [-0.3, -0.25) is 0 Å². The first-order valence-electron chi connectivity index (χ1n) is 6.87. The Bertz CT molecular complexity index is 262. The largest absolute Gasteiger partial charge is 0.340 e. The summed E-state index contributed by atoms with van der Waals surface area (Å²) in [6.07, 6.45) is 9.15. The van der Waals surface area contributed by atoms with Crippen molar-refractivity contribution in [2.45, 2.75) is 46.5 Å². The molecule has 1 aromatic rings. The minimum absolute atomic E-state index is 1.03. The van der Waals surface area contributed by atoms with Gasteiger partial charge in [0.1, 0.15) is 0 Å². The van der Waals surface area contributed by atoms with Crippen molar-refractivity contribution < 1.29 is 0 Å². The zero-order chi connectivity index (χ0) is 13.1. The number of aryl methyl sites for hydroxylation is 2. The molecule has 1 aliphatic rings. The molecule has 0 N–H and O–H groups in total. The third kappa shape index (κ3) is 7.97. The summed E-state index contributed by atoms with van der Waals surface area (Å²) in [6, 6.07) is 0. The van der Waals surface area contributed by atoms with Crippen LogP contribution in [-0.4, -0.2) is 34.6 Å². The molecule has 0 spiro atoms. The third-order valence-corrected chi connectivity index (χ3v) is 2.70. The highest BCUT2D eigenvalue weighted by Crippen LogP contribution is 2.04. The summed E-state index contributed by atoms with van der Waals surface area (Å²) in [4.78, 5) is 6.49. The second kappa shape index (κ2) is 10.3. The van der Waals surface area contributed by atoms with E-state index in [1.807, 2.05) is 38.0 Å². The molecule has 1 saturated heterocycles. The SMILES string of the molecule is CC.CCc1cn(C)cn1.CN1CCCCC1. The molecule has 1 aromatic heterocycles. The lowest BCUT2D eigenvalue weighted by molar-refractivity contribution is 0.277. The first-order chi connectivity index (χ1) is 8.22. The van der Waals surface area contributed by atoms with Crippen LogP contribution in [0, 0.1) is 0 Å². The minimum Gasteiger partial charge on any atom is -0.340 e. The first kappa shape index (κ1) is 16.2. The molecular weight excluding hydrogens is 210 g/mol. The topological polar surface area (TPSA) is 21.1 Å². The lowest BCUT2D eigenvalue weighted by atomic mass is 10.1. The molecule has 100 valence electrons. The van der Waals surface area contributed by atoms with E-state index >= 15 is 0 Å². The molecule has 0 radical (unpaired) electrons. The van der Waals surface area contributed by atoms with Crippen LogP contribution in [0.15, 0.2) is 12.5 Å². The summed E-state index contributed by atoms with van der Waals surface area (Å²) in [5.41, 5.74) is 1.16. The lowest BCUT2D eigenvalue weighted by Crippen LogP contribution is -2.24. The van der Waals surface area contributed by atoms with Gasteiger partial charge in [0, 0.05) is 13.2 Å². The maximum atomic E-state index is 4.10. The average molecular weight is 239 g/mol. The molecule has 0 aromatic carbocycles. The summed E-state index contributed by atoms with van der Waals surface area (Å²) < 4.78 is 1.96. The van der Waals surface area contributed by atoms with E-state index in [1.54, 1.807) is 0 Å². The van der Waals surface area contributed by atoms with Crippen LogP contribution < -0.4 is 0 Å². The van der Waals surface area contributed by atoms with E-state index in [0.717, 1.165) is 12.1 Å². The highest BCUT2D eigenvalue weighted by molar-refractivity contribution is 4.94. The van der Waals surface area contributed by atoms with Gasteiger partial charge in [-0.25, -0.2) is 4.98 Å². The quantitative estimate of drug-likeness (QED) is 0.751. The number of imidazole rings is 1. The molecular formula is C14H29N3. The molecule has 0 amide bonds. The third-order valence-electron chi connectivity index (χ3n) is 2.70. The molecule has 1 aliphatic heterocycles. The maximum Gasteiger partial charge on any atom is 0.0946 e. The van der Waals surface area contributed by atoms with Crippen LogP contribution in [0.5, 0.6) is 0 Å². The Labute approximate surface area is 107 Å². The van der Waals surface area contributed by atoms with Gasteiger partial charge in [0.05, 0.1) is 12.0 Å². The van der Waals surface area contributed by atoms with E-state index in [2.05, 4.69) is 23.9 Å². The molecule has 0 saturated carbocycles. The Kier molecular flexibility index (Phi) is 9.83. The number of likely N-dealkylation sites (tertiary alicyclic amines) is 1. The van der Waals surface area contributed by atoms with Crippen LogP contribution in [-0.2, 0) is 13.5 Å². The normalized spacial score (nSPS) is 15.4. The molecule has 3 nitrogen and oxygen atoms in total. The Morgan fingerprint density at radius 3 is 1.94 bits per heavy atom. The zero-order valence-corrected chi connectivity index (χ0v) is 12.2. The van der Waals surface area contributed by atoms with Crippen molar-refractivity contribution in [2.75, 3.05) is 20.1 Å². The molecule has 17 heavy (non-hydrogen) atoms. The van der Waals surface area contributed by atoms with Crippen LogP contribution in [0.4, 0.5) is 0 Å². The minimum atomic E-state index is 1.03. The lowest BCUT2D eigenvalue weighted by Gasteiger charge is -2.20. The number of rotatable bonds is 1. The van der Waals surface area contributed by atoms with E-state index in [-0.39, 0.29) is 0 Å². The van der Waals surface area contributed by atoms with Gasteiger partial charge < -0.3 is 9.47 Å². The molecule has 0 aliphatic carbocycles. The number of aromatic nitrogens is 2. The number of hydrogen-bond donors (Lipinski definition) is 0. The van der Waals surface area contributed by atoms with Gasteiger partial charge in [0.25, 0.3) is 0 Å². The molecule has 2 rings (SSSR count). The van der Waals surface area contributed by atoms with Gasteiger partial charge in [-0.2, -0.15) is 0 Å². The molecule has 0 unspecified atom stereocenters. The highest BCUT2D eigenvalue weighted by atomic mass is 15.1. The number of nitrogens with zero attached hydrogens (tertiary/aromatic N) is 3. The first-order valence-corrected chi connectivity index (χ1v) is 6.87. The van der Waals surface area contributed by atoms with Gasteiger partial charge in [-0.05, 0) is 39.4 Å². The monoisotopic (exact) mass is 239 g/mol. The van der Waals surface area contributed by atoms with Gasteiger partial charge in [-0.15, -0.1) is 0 Å². The fraction of sp³-hybridized carbons (Fsp3) is 0.786. The summed E-state index contributed by atoms with van der Waals surface area (Å²) in [6.45, 7) is 8.74. The van der Waals surface area contributed by atoms with Crippen molar-refractivity contribution >= 4 is 0 Å². The Morgan fingerprint density at radius 2 is 1.71 bits per heavy atom. The summed E-state index contributed by atoms with van der Waals surface area (Å²) >= 11 is 0. The molecule has 0 atom stereocenters.